The minimum absolute atomic E-state index is 0.200. The van der Waals surface area contributed by atoms with Gasteiger partial charge in [0.05, 0.1) is 5.69 Å². The van der Waals surface area contributed by atoms with Gasteiger partial charge in [-0.2, -0.15) is 5.10 Å². The predicted octanol–water partition coefficient (Wildman–Crippen LogP) is 2.47. The zero-order valence-electron chi connectivity index (χ0n) is 14.3. The summed E-state index contributed by atoms with van der Waals surface area (Å²) in [6.07, 6.45) is 3.65. The number of ether oxygens (including phenoxy) is 1. The molecule has 0 spiro atoms. The zero-order chi connectivity index (χ0) is 16.3. The Labute approximate surface area is 132 Å². The molecule has 0 saturated carbocycles. The number of hydrogen-bond acceptors (Lipinski definition) is 4. The van der Waals surface area contributed by atoms with Crippen LogP contribution in [0.15, 0.2) is 12.3 Å². The van der Waals surface area contributed by atoms with Gasteiger partial charge in [-0.15, -0.1) is 0 Å². The minimum Gasteiger partial charge on any atom is -0.444 e. The van der Waals surface area contributed by atoms with Gasteiger partial charge < -0.3 is 15.0 Å². The van der Waals surface area contributed by atoms with Gasteiger partial charge in [-0.3, -0.25) is 4.68 Å². The molecule has 1 saturated heterocycles. The first-order valence-electron chi connectivity index (χ1n) is 7.99. The van der Waals surface area contributed by atoms with Crippen LogP contribution in [0.5, 0.6) is 0 Å². The van der Waals surface area contributed by atoms with E-state index in [1.807, 2.05) is 43.5 Å². The van der Waals surface area contributed by atoms with E-state index in [-0.39, 0.29) is 18.2 Å². The number of amides is 1. The van der Waals surface area contributed by atoms with Crippen molar-refractivity contribution < 1.29 is 9.53 Å². The van der Waals surface area contributed by atoms with Crippen LogP contribution in [0.1, 0.15) is 52.3 Å². The second-order valence-electron chi connectivity index (χ2n) is 6.98. The number of nitrogens with one attached hydrogen (secondary N) is 1. The summed E-state index contributed by atoms with van der Waals surface area (Å²) in [4.78, 5) is 14.1. The van der Waals surface area contributed by atoms with Gasteiger partial charge in [0.1, 0.15) is 5.60 Å². The SMILES string of the molecule is CC(NCC1CCCN1C(=O)OC(C)(C)C)c1ccnn1C. The second-order valence-corrected chi connectivity index (χ2v) is 6.98. The molecular weight excluding hydrogens is 280 g/mol. The Morgan fingerprint density at radius 1 is 1.55 bits per heavy atom. The van der Waals surface area contributed by atoms with Crippen LogP contribution in [0.4, 0.5) is 4.79 Å². The molecule has 6 nitrogen and oxygen atoms in total. The van der Waals surface area contributed by atoms with E-state index in [9.17, 15) is 4.79 Å². The van der Waals surface area contributed by atoms with Gasteiger partial charge in [-0.05, 0) is 46.6 Å². The van der Waals surface area contributed by atoms with Crippen molar-refractivity contribution in [3.63, 3.8) is 0 Å². The highest BCUT2D eigenvalue weighted by atomic mass is 16.6. The van der Waals surface area contributed by atoms with Crippen LogP contribution < -0.4 is 5.32 Å². The number of nitrogens with zero attached hydrogens (tertiary/aromatic N) is 3. The first-order chi connectivity index (χ1) is 10.3. The summed E-state index contributed by atoms with van der Waals surface area (Å²) in [6.45, 7) is 9.37. The van der Waals surface area contributed by atoms with Gasteiger partial charge in [-0.25, -0.2) is 4.79 Å². The number of aromatic nitrogens is 2. The highest BCUT2D eigenvalue weighted by Gasteiger charge is 2.32. The summed E-state index contributed by atoms with van der Waals surface area (Å²) >= 11 is 0. The van der Waals surface area contributed by atoms with E-state index in [0.717, 1.165) is 31.6 Å². The monoisotopic (exact) mass is 308 g/mol. The van der Waals surface area contributed by atoms with Crippen LogP contribution in [-0.4, -0.2) is 45.5 Å². The van der Waals surface area contributed by atoms with Crippen LogP contribution in [0, 0.1) is 0 Å². The molecule has 124 valence electrons. The lowest BCUT2D eigenvalue weighted by atomic mass is 10.2. The summed E-state index contributed by atoms with van der Waals surface area (Å²) in [5.74, 6) is 0. The van der Waals surface area contributed by atoms with Gasteiger partial charge >= 0.3 is 6.09 Å². The van der Waals surface area contributed by atoms with Gasteiger partial charge in [0.2, 0.25) is 0 Å². The summed E-state index contributed by atoms with van der Waals surface area (Å²) in [6, 6.07) is 2.41. The molecule has 1 fully saturated rings. The summed E-state index contributed by atoms with van der Waals surface area (Å²) in [5, 5.41) is 7.70. The van der Waals surface area contributed by atoms with Crippen LogP contribution in [-0.2, 0) is 11.8 Å². The van der Waals surface area contributed by atoms with E-state index in [1.54, 1.807) is 6.20 Å². The van der Waals surface area contributed by atoms with Crippen LogP contribution >= 0.6 is 0 Å². The second kappa shape index (κ2) is 6.69. The topological polar surface area (TPSA) is 59.4 Å². The van der Waals surface area contributed by atoms with Crippen molar-refractivity contribution in [1.82, 2.24) is 20.0 Å². The van der Waals surface area contributed by atoms with Crippen molar-refractivity contribution in [2.45, 2.75) is 58.2 Å². The fraction of sp³-hybridized carbons (Fsp3) is 0.750. The highest BCUT2D eigenvalue weighted by Crippen LogP contribution is 2.21. The van der Waals surface area contributed by atoms with E-state index in [4.69, 9.17) is 4.74 Å². The Morgan fingerprint density at radius 2 is 2.27 bits per heavy atom. The van der Waals surface area contributed by atoms with E-state index in [2.05, 4.69) is 17.3 Å². The number of aryl methyl sites for hydroxylation is 1. The molecule has 1 aromatic rings. The lowest BCUT2D eigenvalue weighted by Gasteiger charge is -2.29. The lowest BCUT2D eigenvalue weighted by Crippen LogP contribution is -2.44. The molecular formula is C16H28N4O2. The normalized spacial score (nSPS) is 20.2. The molecule has 2 unspecified atom stereocenters. The Morgan fingerprint density at radius 3 is 2.86 bits per heavy atom. The highest BCUT2D eigenvalue weighted by molar-refractivity contribution is 5.69. The molecule has 0 radical (unpaired) electrons. The number of carbonyl (C=O) groups is 1. The van der Waals surface area contributed by atoms with E-state index < -0.39 is 5.60 Å². The third-order valence-corrected chi connectivity index (χ3v) is 3.97. The molecule has 0 aromatic carbocycles. The molecule has 1 N–H and O–H groups in total. The summed E-state index contributed by atoms with van der Waals surface area (Å²) in [7, 11) is 1.94. The van der Waals surface area contributed by atoms with E-state index in [0.29, 0.717) is 0 Å². The number of likely N-dealkylation sites (tertiary alicyclic amines) is 1. The molecule has 22 heavy (non-hydrogen) atoms. The first-order valence-corrected chi connectivity index (χ1v) is 7.99. The van der Waals surface area contributed by atoms with Crippen LogP contribution in [0.25, 0.3) is 0 Å². The molecule has 1 aromatic heterocycles. The Balaban J connectivity index is 1.89. The number of rotatable bonds is 4. The third kappa shape index (κ3) is 4.22. The van der Waals surface area contributed by atoms with E-state index in [1.165, 1.54) is 0 Å². The molecule has 0 aliphatic carbocycles. The molecule has 0 bridgehead atoms. The summed E-state index contributed by atoms with van der Waals surface area (Å²) in [5.41, 5.74) is 0.696. The third-order valence-electron chi connectivity index (χ3n) is 3.97. The maximum absolute atomic E-state index is 12.3. The fourth-order valence-corrected chi connectivity index (χ4v) is 2.84. The van der Waals surface area contributed by atoms with Gasteiger partial charge in [0.15, 0.2) is 0 Å². The maximum Gasteiger partial charge on any atom is 0.410 e. The van der Waals surface area contributed by atoms with Gasteiger partial charge in [0.25, 0.3) is 0 Å². The van der Waals surface area contributed by atoms with Crippen molar-refractivity contribution in [2.75, 3.05) is 13.1 Å². The Kier molecular flexibility index (Phi) is 5.11. The van der Waals surface area contributed by atoms with Crippen molar-refractivity contribution in [1.29, 1.82) is 0 Å². The average molecular weight is 308 g/mol. The molecule has 2 rings (SSSR count). The number of carbonyl (C=O) groups excluding carboxylic acids is 1. The van der Waals surface area contributed by atoms with Crippen molar-refractivity contribution in [2.24, 2.45) is 7.05 Å². The van der Waals surface area contributed by atoms with Crippen molar-refractivity contribution >= 4 is 6.09 Å². The predicted molar refractivity (Wildman–Crippen MR) is 85.6 cm³/mol. The fourth-order valence-electron chi connectivity index (χ4n) is 2.84. The zero-order valence-corrected chi connectivity index (χ0v) is 14.3. The molecule has 1 amide bonds. The van der Waals surface area contributed by atoms with Crippen LogP contribution in [0.3, 0.4) is 0 Å². The molecule has 2 atom stereocenters. The summed E-state index contributed by atoms with van der Waals surface area (Å²) < 4.78 is 7.37. The van der Waals surface area contributed by atoms with Crippen molar-refractivity contribution in [3.8, 4) is 0 Å². The average Bonchev–Trinajstić information content (AvgIpc) is 3.02. The van der Waals surface area contributed by atoms with E-state index >= 15 is 0 Å². The molecule has 1 aliphatic rings. The quantitative estimate of drug-likeness (QED) is 0.928. The van der Waals surface area contributed by atoms with Crippen LogP contribution in [0.2, 0.25) is 0 Å². The lowest BCUT2D eigenvalue weighted by molar-refractivity contribution is 0.0225. The first kappa shape index (κ1) is 16.8. The standard InChI is InChI=1S/C16H28N4O2/c1-12(14-8-9-18-19(14)5)17-11-13-7-6-10-20(13)15(21)22-16(2,3)4/h8-9,12-13,17H,6-7,10-11H2,1-5H3. The largest absolute Gasteiger partial charge is 0.444 e. The van der Waals surface area contributed by atoms with Gasteiger partial charge in [-0.1, -0.05) is 0 Å². The van der Waals surface area contributed by atoms with Gasteiger partial charge in [0, 0.05) is 38.4 Å². The van der Waals surface area contributed by atoms with Crippen molar-refractivity contribution in [3.05, 3.63) is 18.0 Å². The molecule has 2 heterocycles. The maximum atomic E-state index is 12.3. The Hall–Kier alpha value is -1.56. The minimum atomic E-state index is -0.445. The number of hydrogen-bond donors (Lipinski definition) is 1. The smallest absolute Gasteiger partial charge is 0.410 e. The molecule has 1 aliphatic heterocycles. The molecule has 6 heteroatoms. The Bertz CT molecular complexity index is 506.